The van der Waals surface area contributed by atoms with Crippen LogP contribution < -0.4 is 0 Å². The fraction of sp³-hybridized carbons (Fsp3) is 0. The average Bonchev–Trinajstić information content (AvgIpc) is 2.78. The van der Waals surface area contributed by atoms with Gasteiger partial charge in [-0.05, 0) is 29.3 Å². The summed E-state index contributed by atoms with van der Waals surface area (Å²) in [6, 6.07) is 18.0. The molecular weight excluding hydrogens is 180 g/mol. The van der Waals surface area contributed by atoms with Crippen molar-refractivity contribution in [3.63, 3.8) is 0 Å². The topological polar surface area (TPSA) is 0 Å². The van der Waals surface area contributed by atoms with Crippen LogP contribution in [0.4, 0.5) is 0 Å². The summed E-state index contributed by atoms with van der Waals surface area (Å²) in [4.78, 5) is 0. The number of benzene rings is 2. The number of hydrogen-bond donors (Lipinski definition) is 0. The highest BCUT2D eigenvalue weighted by Crippen LogP contribution is 2.37. The third-order valence-corrected chi connectivity index (χ3v) is 2.03. The Kier molecular flexibility index (Phi) is 2.33. The lowest BCUT2D eigenvalue weighted by Gasteiger charge is -1.69. The van der Waals surface area contributed by atoms with E-state index in [0.29, 0.717) is 0 Å². The molecule has 0 nitrogen and oxygen atoms in total. The first-order chi connectivity index (χ1) is 6.36. The summed E-state index contributed by atoms with van der Waals surface area (Å²) in [6.45, 7) is 0. The molecule has 13 heavy (non-hydrogen) atoms. The molecule has 0 unspecified atom stereocenters. The second-order valence-corrected chi connectivity index (χ2v) is 3.32. The minimum Gasteiger partial charge on any atom is -0.0843 e. The molecule has 1 aromatic carbocycles. The van der Waals surface area contributed by atoms with E-state index in [1.165, 1.54) is 11.1 Å². The van der Waals surface area contributed by atoms with E-state index in [0.717, 1.165) is 5.02 Å². The Morgan fingerprint density at radius 1 is 0.615 bits per heavy atom. The fourth-order valence-corrected chi connectivity index (χ4v) is 1.34. The second kappa shape index (κ2) is 3.63. The Hall–Kier alpha value is -1.27. The smallest absolute Gasteiger partial charge is 0.0418 e. The Labute approximate surface area is 82.8 Å². The van der Waals surface area contributed by atoms with Crippen molar-refractivity contribution in [2.45, 2.75) is 0 Å². The Bertz CT molecular complexity index is 346. The molecule has 0 fully saturated rings. The molecule has 0 saturated carbocycles. The standard InChI is InChI=1S/C6H3Cl.C6H6/c7-6-2-4-1-5(4)3-6;1-2-4-6-5-3-1/h1-3H;1-6H. The van der Waals surface area contributed by atoms with Gasteiger partial charge >= 0.3 is 0 Å². The van der Waals surface area contributed by atoms with Crippen molar-refractivity contribution in [2.24, 2.45) is 0 Å². The number of halogens is 1. The highest BCUT2D eigenvalue weighted by molar-refractivity contribution is 6.32. The first-order valence-electron chi connectivity index (χ1n) is 4.17. The van der Waals surface area contributed by atoms with Crippen LogP contribution in [0.25, 0.3) is 11.1 Å². The van der Waals surface area contributed by atoms with Gasteiger partial charge in [0.15, 0.2) is 0 Å². The van der Waals surface area contributed by atoms with E-state index in [1.54, 1.807) is 0 Å². The first kappa shape index (κ1) is 8.33. The van der Waals surface area contributed by atoms with E-state index in [1.807, 2.05) is 48.5 Å². The molecule has 0 heterocycles. The van der Waals surface area contributed by atoms with Gasteiger partial charge in [0.2, 0.25) is 0 Å². The molecule has 0 aromatic heterocycles. The van der Waals surface area contributed by atoms with E-state index >= 15 is 0 Å². The van der Waals surface area contributed by atoms with E-state index in [4.69, 9.17) is 11.6 Å². The van der Waals surface area contributed by atoms with Gasteiger partial charge in [0.05, 0.1) is 0 Å². The van der Waals surface area contributed by atoms with Gasteiger partial charge in [0.25, 0.3) is 0 Å². The quantitative estimate of drug-likeness (QED) is 0.500. The lowest BCUT2D eigenvalue weighted by molar-refractivity contribution is 1.72. The van der Waals surface area contributed by atoms with Gasteiger partial charge in [0, 0.05) is 5.02 Å². The lowest BCUT2D eigenvalue weighted by atomic mass is 10.4. The first-order valence-corrected chi connectivity index (χ1v) is 4.55. The highest BCUT2D eigenvalue weighted by atomic mass is 35.5. The predicted octanol–water partition coefficient (Wildman–Crippen LogP) is 4.01. The summed E-state index contributed by atoms with van der Waals surface area (Å²) < 4.78 is 0. The van der Waals surface area contributed by atoms with Crippen LogP contribution in [0.15, 0.2) is 54.6 Å². The van der Waals surface area contributed by atoms with Crippen LogP contribution in [-0.2, 0) is 0 Å². The molecule has 2 aliphatic carbocycles. The summed E-state index contributed by atoms with van der Waals surface area (Å²) in [6.07, 6.45) is 0. The normalized spacial score (nSPS) is 9.92. The van der Waals surface area contributed by atoms with Gasteiger partial charge in [-0.15, -0.1) is 0 Å². The molecule has 0 radical (unpaired) electrons. The molecule has 0 N–H and O–H groups in total. The molecule has 64 valence electrons. The Morgan fingerprint density at radius 2 is 1.00 bits per heavy atom. The molecule has 1 heteroatoms. The minimum atomic E-state index is 0.868. The van der Waals surface area contributed by atoms with Gasteiger partial charge in [0.1, 0.15) is 0 Å². The second-order valence-electron chi connectivity index (χ2n) is 2.88. The van der Waals surface area contributed by atoms with Crippen LogP contribution in [-0.4, -0.2) is 0 Å². The fourth-order valence-electron chi connectivity index (χ4n) is 1.11. The van der Waals surface area contributed by atoms with Crippen LogP contribution in [0.5, 0.6) is 0 Å². The summed E-state index contributed by atoms with van der Waals surface area (Å²) in [7, 11) is 0. The van der Waals surface area contributed by atoms with Gasteiger partial charge in [-0.1, -0.05) is 48.0 Å². The Balaban J connectivity index is 0.000000102. The van der Waals surface area contributed by atoms with Gasteiger partial charge < -0.3 is 0 Å². The maximum Gasteiger partial charge on any atom is 0.0418 e. The molecular formula is C12H9Cl. The Morgan fingerprint density at radius 3 is 1.23 bits per heavy atom. The zero-order valence-electron chi connectivity index (χ0n) is 7.07. The molecule has 0 saturated heterocycles. The largest absolute Gasteiger partial charge is 0.0843 e. The average molecular weight is 189 g/mol. The maximum absolute atomic E-state index is 5.58. The van der Waals surface area contributed by atoms with E-state index in [9.17, 15) is 0 Å². The van der Waals surface area contributed by atoms with Crippen molar-refractivity contribution in [3.8, 4) is 11.1 Å². The molecule has 0 atom stereocenters. The van der Waals surface area contributed by atoms with Crippen molar-refractivity contribution in [3.05, 3.63) is 59.6 Å². The maximum atomic E-state index is 5.58. The van der Waals surface area contributed by atoms with Crippen LogP contribution >= 0.6 is 11.6 Å². The van der Waals surface area contributed by atoms with E-state index in [2.05, 4.69) is 6.07 Å². The summed E-state index contributed by atoms with van der Waals surface area (Å²) in [5, 5.41) is 0.868. The number of rotatable bonds is 0. The molecule has 0 bridgehead atoms. The SMILES string of the molecule is Clc1cc2cc-2c1.c1ccccc1. The van der Waals surface area contributed by atoms with Crippen molar-refractivity contribution in [1.29, 1.82) is 0 Å². The van der Waals surface area contributed by atoms with Gasteiger partial charge in [-0.2, -0.15) is 0 Å². The summed E-state index contributed by atoms with van der Waals surface area (Å²) >= 11 is 5.58. The zero-order valence-corrected chi connectivity index (χ0v) is 7.83. The number of fused-ring (bicyclic) bond motifs is 1. The third-order valence-electron chi connectivity index (χ3n) is 1.81. The zero-order chi connectivity index (χ0) is 9.10. The van der Waals surface area contributed by atoms with Crippen molar-refractivity contribution >= 4 is 11.6 Å². The van der Waals surface area contributed by atoms with Crippen molar-refractivity contribution in [1.82, 2.24) is 0 Å². The predicted molar refractivity (Wildman–Crippen MR) is 56.9 cm³/mol. The molecule has 1 aromatic rings. The van der Waals surface area contributed by atoms with Crippen molar-refractivity contribution in [2.75, 3.05) is 0 Å². The van der Waals surface area contributed by atoms with Crippen LogP contribution in [0, 0.1) is 0 Å². The van der Waals surface area contributed by atoms with Crippen LogP contribution in [0.2, 0.25) is 5.02 Å². The van der Waals surface area contributed by atoms with Crippen molar-refractivity contribution < 1.29 is 0 Å². The monoisotopic (exact) mass is 188 g/mol. The molecule has 2 aliphatic rings. The minimum absolute atomic E-state index is 0.868. The van der Waals surface area contributed by atoms with E-state index < -0.39 is 0 Å². The molecule has 3 rings (SSSR count). The van der Waals surface area contributed by atoms with Gasteiger partial charge in [-0.3, -0.25) is 0 Å². The molecule has 0 spiro atoms. The molecule has 0 aliphatic heterocycles. The van der Waals surface area contributed by atoms with Crippen LogP contribution in [0.3, 0.4) is 0 Å². The van der Waals surface area contributed by atoms with Crippen LogP contribution in [0.1, 0.15) is 0 Å². The molecule has 0 amide bonds. The van der Waals surface area contributed by atoms with E-state index in [-0.39, 0.29) is 0 Å². The summed E-state index contributed by atoms with van der Waals surface area (Å²) in [5.74, 6) is 0. The highest BCUT2D eigenvalue weighted by Gasteiger charge is 2.11. The van der Waals surface area contributed by atoms with Gasteiger partial charge in [-0.25, -0.2) is 0 Å². The number of hydrogen-bond acceptors (Lipinski definition) is 0. The third kappa shape index (κ3) is 2.33. The lowest BCUT2D eigenvalue weighted by Crippen LogP contribution is -1.47. The summed E-state index contributed by atoms with van der Waals surface area (Å²) in [5.41, 5.74) is 2.62.